The molecule has 0 saturated carbocycles. The largest absolute Gasteiger partial charge is 0.443 e. The van der Waals surface area contributed by atoms with E-state index in [0.717, 1.165) is 4.47 Å². The number of hydrogen-bond donors (Lipinski definition) is 1. The average Bonchev–Trinajstić information content (AvgIpc) is 2.91. The van der Waals surface area contributed by atoms with Crippen LogP contribution in [0, 0.1) is 62.0 Å². The van der Waals surface area contributed by atoms with Crippen molar-refractivity contribution in [2.75, 3.05) is 0 Å². The van der Waals surface area contributed by atoms with Gasteiger partial charge >= 0.3 is 0 Å². The molecule has 2 aliphatic rings. The highest BCUT2D eigenvalue weighted by molar-refractivity contribution is 9.10. The Balaban J connectivity index is 2.06. The van der Waals surface area contributed by atoms with E-state index in [9.17, 15) is 20.2 Å². The molecule has 8 heteroatoms. The number of fused-ring (bicyclic) bond motifs is 2. The third-order valence-electron chi connectivity index (χ3n) is 6.10. The highest BCUT2D eigenvalue weighted by Crippen LogP contribution is 2.69. The highest BCUT2D eigenvalue weighted by Gasteiger charge is 2.79. The van der Waals surface area contributed by atoms with Crippen LogP contribution in [0.4, 0.5) is 4.39 Å². The van der Waals surface area contributed by atoms with Crippen molar-refractivity contribution in [3.8, 4) is 18.2 Å². The molecule has 0 amide bonds. The fraction of sp³-hybridized carbons (Fsp3) is 0.273. The summed E-state index contributed by atoms with van der Waals surface area (Å²) >= 11 is 3.36. The molecule has 2 saturated heterocycles. The molecule has 2 fully saturated rings. The van der Waals surface area contributed by atoms with Crippen LogP contribution < -0.4 is 0 Å². The van der Waals surface area contributed by atoms with Gasteiger partial charge in [0.25, 0.3) is 0 Å². The lowest BCUT2D eigenvalue weighted by Crippen LogP contribution is -2.57. The van der Waals surface area contributed by atoms with E-state index in [1.54, 1.807) is 37.3 Å². The molecule has 4 atom stereocenters. The molecule has 0 radical (unpaired) electrons. The molecule has 2 aromatic rings. The number of hydrogen-bond acceptors (Lipinski definition) is 6. The standard InChI is InChI=1S/C22H14BrFN4O2/c1-13-21(12-27)19(28)30-22(13,14-6-8-15(23)9-7-14)29-18(20(21,10-25)11-26)16-4-2-3-5-17(16)24/h2-9,13,18,28H,1H3. The number of halogens is 2. The zero-order chi connectivity index (χ0) is 21.7. The molecule has 6 nitrogen and oxygen atoms in total. The summed E-state index contributed by atoms with van der Waals surface area (Å²) in [5.74, 6) is -3.76. The molecule has 0 aromatic heterocycles. The topological polar surface area (TPSA) is 114 Å². The van der Waals surface area contributed by atoms with Crippen LogP contribution in [0.2, 0.25) is 0 Å². The van der Waals surface area contributed by atoms with Crippen molar-refractivity contribution in [3.63, 3.8) is 0 Å². The summed E-state index contributed by atoms with van der Waals surface area (Å²) in [6.07, 6.45) is -1.46. The molecule has 2 aliphatic heterocycles. The first-order valence-electron chi connectivity index (χ1n) is 9.03. The fourth-order valence-corrected chi connectivity index (χ4v) is 4.78. The maximum Gasteiger partial charge on any atom is 0.244 e. The summed E-state index contributed by atoms with van der Waals surface area (Å²) in [5.41, 5.74) is -3.72. The third-order valence-corrected chi connectivity index (χ3v) is 6.63. The van der Waals surface area contributed by atoms with Crippen LogP contribution in [0.15, 0.2) is 53.0 Å². The monoisotopic (exact) mass is 464 g/mol. The van der Waals surface area contributed by atoms with E-state index in [-0.39, 0.29) is 5.56 Å². The van der Waals surface area contributed by atoms with Crippen LogP contribution in [0.5, 0.6) is 0 Å². The minimum absolute atomic E-state index is 0.0492. The molecule has 0 spiro atoms. The molecule has 1 N–H and O–H groups in total. The second-order valence-electron chi connectivity index (χ2n) is 7.30. The summed E-state index contributed by atoms with van der Waals surface area (Å²) in [6, 6.07) is 18.3. The van der Waals surface area contributed by atoms with Crippen molar-refractivity contribution in [2.45, 2.75) is 18.8 Å². The van der Waals surface area contributed by atoms with Gasteiger partial charge in [0.15, 0.2) is 5.41 Å². The summed E-state index contributed by atoms with van der Waals surface area (Å²) in [5, 5.41) is 39.0. The van der Waals surface area contributed by atoms with E-state index < -0.39 is 40.4 Å². The SMILES string of the molecule is CC1C2(c3ccc(Br)cc3)OC(=N)C1(C#N)C(C#N)(C#N)C(c1ccccc1F)O2. The van der Waals surface area contributed by atoms with Crippen LogP contribution >= 0.6 is 15.9 Å². The van der Waals surface area contributed by atoms with Crippen LogP contribution in [0.3, 0.4) is 0 Å². The Bertz CT molecular complexity index is 1170. The number of benzene rings is 2. The van der Waals surface area contributed by atoms with E-state index in [0.29, 0.717) is 5.56 Å². The fourth-order valence-electron chi connectivity index (χ4n) is 4.52. The lowest BCUT2D eigenvalue weighted by Gasteiger charge is -2.48. The number of nitriles is 3. The van der Waals surface area contributed by atoms with E-state index >= 15 is 0 Å². The Labute approximate surface area is 180 Å². The summed E-state index contributed by atoms with van der Waals surface area (Å²) in [6.45, 7) is 1.60. The molecule has 4 unspecified atom stereocenters. The van der Waals surface area contributed by atoms with Crippen LogP contribution in [0.1, 0.15) is 24.2 Å². The molecule has 2 bridgehead atoms. The molecular formula is C22H14BrFN4O2. The zero-order valence-electron chi connectivity index (χ0n) is 15.7. The normalized spacial score (nSPS) is 31.1. The lowest BCUT2D eigenvalue weighted by atomic mass is 9.53. The molecule has 2 aromatic carbocycles. The lowest BCUT2D eigenvalue weighted by molar-refractivity contribution is -0.289. The molecule has 30 heavy (non-hydrogen) atoms. The van der Waals surface area contributed by atoms with Crippen molar-refractivity contribution in [1.29, 1.82) is 21.2 Å². The number of nitrogens with one attached hydrogen (secondary N) is 1. The van der Waals surface area contributed by atoms with E-state index in [1.165, 1.54) is 18.2 Å². The first-order valence-corrected chi connectivity index (χ1v) is 9.82. The predicted molar refractivity (Wildman–Crippen MR) is 106 cm³/mol. The van der Waals surface area contributed by atoms with Gasteiger partial charge in [0, 0.05) is 15.6 Å². The molecule has 148 valence electrons. The van der Waals surface area contributed by atoms with Gasteiger partial charge in [-0.15, -0.1) is 0 Å². The van der Waals surface area contributed by atoms with E-state index in [1.807, 2.05) is 18.2 Å². The van der Waals surface area contributed by atoms with Crippen molar-refractivity contribution in [2.24, 2.45) is 16.7 Å². The molecule has 0 aliphatic carbocycles. The molecule has 2 heterocycles. The minimum atomic E-state index is -2.20. The first kappa shape index (κ1) is 20.0. The predicted octanol–water partition coefficient (Wildman–Crippen LogP) is 4.70. The second kappa shape index (κ2) is 6.64. The number of rotatable bonds is 2. The van der Waals surface area contributed by atoms with Gasteiger partial charge in [0.2, 0.25) is 17.1 Å². The van der Waals surface area contributed by atoms with Gasteiger partial charge in [-0.25, -0.2) is 4.39 Å². The first-order chi connectivity index (χ1) is 14.3. The Kier molecular flexibility index (Phi) is 4.43. The second-order valence-corrected chi connectivity index (χ2v) is 8.21. The Hall–Kier alpha value is -3.25. The van der Waals surface area contributed by atoms with Gasteiger partial charge < -0.3 is 9.47 Å². The Morgan fingerprint density at radius 2 is 1.67 bits per heavy atom. The van der Waals surface area contributed by atoms with E-state index in [2.05, 4.69) is 15.9 Å². The van der Waals surface area contributed by atoms with Gasteiger partial charge in [0.05, 0.1) is 24.1 Å². The maximum atomic E-state index is 14.8. The maximum absolute atomic E-state index is 14.8. The van der Waals surface area contributed by atoms with Crippen LogP contribution in [-0.2, 0) is 15.3 Å². The summed E-state index contributed by atoms with van der Waals surface area (Å²) in [7, 11) is 0. The van der Waals surface area contributed by atoms with Crippen LogP contribution in [0.25, 0.3) is 0 Å². The molecule has 4 rings (SSSR count). The van der Waals surface area contributed by atoms with Crippen LogP contribution in [-0.4, -0.2) is 5.90 Å². The Morgan fingerprint density at radius 3 is 2.23 bits per heavy atom. The van der Waals surface area contributed by atoms with Gasteiger partial charge in [-0.1, -0.05) is 53.2 Å². The Morgan fingerprint density at radius 1 is 1.03 bits per heavy atom. The molecular weight excluding hydrogens is 451 g/mol. The number of nitrogens with zero attached hydrogens (tertiary/aromatic N) is 3. The zero-order valence-corrected chi connectivity index (χ0v) is 17.3. The quantitative estimate of drug-likeness (QED) is 0.691. The van der Waals surface area contributed by atoms with Gasteiger partial charge in [-0.3, -0.25) is 5.41 Å². The van der Waals surface area contributed by atoms with Crippen molar-refractivity contribution < 1.29 is 13.9 Å². The van der Waals surface area contributed by atoms with Crippen molar-refractivity contribution in [1.82, 2.24) is 0 Å². The summed E-state index contributed by atoms with van der Waals surface area (Å²) < 4.78 is 27.7. The smallest absolute Gasteiger partial charge is 0.244 e. The van der Waals surface area contributed by atoms with Crippen molar-refractivity contribution >= 4 is 21.8 Å². The highest BCUT2D eigenvalue weighted by atomic mass is 79.9. The van der Waals surface area contributed by atoms with E-state index in [4.69, 9.17) is 14.9 Å². The van der Waals surface area contributed by atoms with Gasteiger partial charge in [-0.2, -0.15) is 15.8 Å². The van der Waals surface area contributed by atoms with Gasteiger partial charge in [-0.05, 0) is 18.2 Å². The number of ether oxygens (including phenoxy) is 2. The minimum Gasteiger partial charge on any atom is -0.443 e. The van der Waals surface area contributed by atoms with Crippen molar-refractivity contribution in [3.05, 3.63) is 69.9 Å². The third kappa shape index (κ3) is 2.20. The summed E-state index contributed by atoms with van der Waals surface area (Å²) in [4.78, 5) is 0. The average molecular weight is 465 g/mol. The van der Waals surface area contributed by atoms with Gasteiger partial charge in [0.1, 0.15) is 11.9 Å².